The van der Waals surface area contributed by atoms with Crippen LogP contribution in [0.5, 0.6) is 5.75 Å². The highest BCUT2D eigenvalue weighted by Crippen LogP contribution is 2.38. The molecule has 1 amide bonds. The van der Waals surface area contributed by atoms with Crippen LogP contribution in [0.15, 0.2) is 47.0 Å². The molecule has 1 heterocycles. The van der Waals surface area contributed by atoms with Crippen molar-refractivity contribution in [2.24, 2.45) is 0 Å². The molecule has 0 N–H and O–H groups in total. The van der Waals surface area contributed by atoms with Gasteiger partial charge in [-0.05, 0) is 38.0 Å². The molecule has 21 heavy (non-hydrogen) atoms. The molecular formula is C17H20BrNO2. The molecule has 1 aliphatic heterocycles. The summed E-state index contributed by atoms with van der Waals surface area (Å²) in [7, 11) is 1.67. The highest BCUT2D eigenvalue weighted by atomic mass is 79.9. The number of carbonyl (C=O) groups excluding carboxylic acids is 1. The molecule has 0 bridgehead atoms. The van der Waals surface area contributed by atoms with Gasteiger partial charge in [-0.25, -0.2) is 0 Å². The summed E-state index contributed by atoms with van der Waals surface area (Å²) in [5.74, 6) is 0.887. The molecule has 0 radical (unpaired) electrons. The van der Waals surface area contributed by atoms with E-state index in [9.17, 15) is 4.79 Å². The van der Waals surface area contributed by atoms with E-state index < -0.39 is 0 Å². The molecule has 2 rings (SSSR count). The Morgan fingerprint density at radius 2 is 2.24 bits per heavy atom. The van der Waals surface area contributed by atoms with Gasteiger partial charge in [-0.3, -0.25) is 4.79 Å². The lowest BCUT2D eigenvalue weighted by atomic mass is 10.0. The van der Waals surface area contributed by atoms with Crippen LogP contribution in [-0.4, -0.2) is 24.5 Å². The molecule has 0 spiro atoms. The third-order valence-electron chi connectivity index (χ3n) is 3.63. The minimum atomic E-state index is 0.0534. The molecule has 112 valence electrons. The van der Waals surface area contributed by atoms with E-state index in [4.69, 9.17) is 4.74 Å². The number of hydrogen-bond acceptors (Lipinski definition) is 2. The molecule has 0 aromatic heterocycles. The number of benzene rings is 1. The van der Waals surface area contributed by atoms with Crippen LogP contribution in [0.3, 0.4) is 0 Å². The van der Waals surface area contributed by atoms with Crippen molar-refractivity contribution in [2.45, 2.75) is 25.8 Å². The van der Waals surface area contributed by atoms with E-state index in [0.717, 1.165) is 35.2 Å². The maximum atomic E-state index is 12.3. The Balaban J connectivity index is 2.26. The van der Waals surface area contributed by atoms with Crippen molar-refractivity contribution in [2.75, 3.05) is 13.7 Å². The standard InChI is InChI=1S/C17H20BrNO2/c1-3-4-5-8-17(20)19-11-6-7-15(19)14-12-13(18)9-10-16(14)21-2/h3-5,8-10,12,15H,6-7,11H2,1-2H3/b4-3?,8-5+. The summed E-state index contributed by atoms with van der Waals surface area (Å²) in [6, 6.07) is 6.02. The Bertz CT molecular complexity index is 566. The van der Waals surface area contributed by atoms with Gasteiger partial charge in [0.1, 0.15) is 5.75 Å². The van der Waals surface area contributed by atoms with Gasteiger partial charge >= 0.3 is 0 Å². The van der Waals surface area contributed by atoms with Gasteiger partial charge in [-0.2, -0.15) is 0 Å². The Morgan fingerprint density at radius 3 is 2.95 bits per heavy atom. The summed E-state index contributed by atoms with van der Waals surface area (Å²) >= 11 is 3.50. The largest absolute Gasteiger partial charge is 0.496 e. The summed E-state index contributed by atoms with van der Waals surface area (Å²) in [5.41, 5.74) is 1.07. The third kappa shape index (κ3) is 3.76. The predicted molar refractivity (Wildman–Crippen MR) is 88.3 cm³/mol. The molecule has 1 saturated heterocycles. The molecular weight excluding hydrogens is 330 g/mol. The van der Waals surface area contributed by atoms with Crippen molar-refractivity contribution >= 4 is 21.8 Å². The number of ether oxygens (including phenoxy) is 1. The van der Waals surface area contributed by atoms with Gasteiger partial charge in [0.25, 0.3) is 0 Å². The van der Waals surface area contributed by atoms with Crippen molar-refractivity contribution in [1.29, 1.82) is 0 Å². The summed E-state index contributed by atoms with van der Waals surface area (Å²) < 4.78 is 6.45. The van der Waals surface area contributed by atoms with Crippen LogP contribution in [0.2, 0.25) is 0 Å². The lowest BCUT2D eigenvalue weighted by Crippen LogP contribution is -2.29. The van der Waals surface area contributed by atoms with Crippen molar-refractivity contribution in [3.05, 3.63) is 52.5 Å². The number of nitrogens with zero attached hydrogens (tertiary/aromatic N) is 1. The zero-order chi connectivity index (χ0) is 15.2. The first kappa shape index (κ1) is 15.8. The number of amides is 1. The van der Waals surface area contributed by atoms with Gasteiger partial charge in [0.05, 0.1) is 13.2 Å². The molecule has 0 saturated carbocycles. The summed E-state index contributed by atoms with van der Waals surface area (Å²) in [6.45, 7) is 2.72. The molecule has 1 fully saturated rings. The Labute approximate surface area is 134 Å². The number of rotatable bonds is 4. The second-order valence-corrected chi connectivity index (χ2v) is 5.88. The van der Waals surface area contributed by atoms with Crippen molar-refractivity contribution in [1.82, 2.24) is 4.90 Å². The first-order valence-electron chi connectivity index (χ1n) is 7.10. The fourth-order valence-corrected chi connectivity index (χ4v) is 3.04. The number of likely N-dealkylation sites (tertiary alicyclic amines) is 1. The zero-order valence-corrected chi connectivity index (χ0v) is 14.0. The molecule has 3 nitrogen and oxygen atoms in total. The predicted octanol–water partition coefficient (Wildman–Crippen LogP) is 4.25. The number of allylic oxidation sites excluding steroid dienone is 3. The number of hydrogen-bond donors (Lipinski definition) is 0. The minimum absolute atomic E-state index is 0.0534. The molecule has 1 aromatic carbocycles. The van der Waals surface area contributed by atoms with Crippen LogP contribution < -0.4 is 4.74 Å². The second-order valence-electron chi connectivity index (χ2n) is 4.96. The highest BCUT2D eigenvalue weighted by Gasteiger charge is 2.30. The van der Waals surface area contributed by atoms with Gasteiger partial charge in [0.2, 0.25) is 5.91 Å². The zero-order valence-electron chi connectivity index (χ0n) is 12.4. The van der Waals surface area contributed by atoms with Crippen LogP contribution >= 0.6 is 15.9 Å². The van der Waals surface area contributed by atoms with Crippen LogP contribution in [0.25, 0.3) is 0 Å². The number of carbonyl (C=O) groups is 1. The fraction of sp³-hybridized carbons (Fsp3) is 0.353. The van der Waals surface area contributed by atoms with Crippen molar-refractivity contribution in [3.8, 4) is 5.75 Å². The molecule has 0 aliphatic carbocycles. The molecule has 1 aliphatic rings. The van der Waals surface area contributed by atoms with Crippen LogP contribution in [-0.2, 0) is 4.79 Å². The average Bonchev–Trinajstić information content (AvgIpc) is 2.96. The number of methoxy groups -OCH3 is 1. The van der Waals surface area contributed by atoms with Gasteiger partial charge in [-0.1, -0.05) is 34.2 Å². The van der Waals surface area contributed by atoms with Crippen LogP contribution in [0.1, 0.15) is 31.4 Å². The second kappa shape index (κ2) is 7.46. The van der Waals surface area contributed by atoms with E-state index in [0.29, 0.717) is 0 Å². The highest BCUT2D eigenvalue weighted by molar-refractivity contribution is 9.10. The fourth-order valence-electron chi connectivity index (χ4n) is 2.66. The molecule has 4 heteroatoms. The van der Waals surface area contributed by atoms with Gasteiger partial charge in [0.15, 0.2) is 0 Å². The Morgan fingerprint density at radius 1 is 1.43 bits per heavy atom. The molecule has 1 unspecified atom stereocenters. The van der Waals surface area contributed by atoms with Gasteiger partial charge in [-0.15, -0.1) is 0 Å². The quantitative estimate of drug-likeness (QED) is 0.600. The van der Waals surface area contributed by atoms with E-state index >= 15 is 0 Å². The topological polar surface area (TPSA) is 29.5 Å². The first-order chi connectivity index (χ1) is 10.2. The summed E-state index contributed by atoms with van der Waals surface area (Å²) in [6.07, 6.45) is 9.17. The maximum Gasteiger partial charge on any atom is 0.247 e. The van der Waals surface area contributed by atoms with E-state index in [1.807, 2.05) is 42.2 Å². The maximum absolute atomic E-state index is 12.3. The average molecular weight is 350 g/mol. The Hall–Kier alpha value is -1.55. The molecule has 1 atom stereocenters. The van der Waals surface area contributed by atoms with Crippen LogP contribution in [0.4, 0.5) is 0 Å². The van der Waals surface area contributed by atoms with Crippen LogP contribution in [0, 0.1) is 0 Å². The van der Waals surface area contributed by atoms with E-state index in [1.165, 1.54) is 0 Å². The summed E-state index contributed by atoms with van der Waals surface area (Å²) in [4.78, 5) is 14.3. The van der Waals surface area contributed by atoms with Gasteiger partial charge < -0.3 is 9.64 Å². The lowest BCUT2D eigenvalue weighted by molar-refractivity contribution is -0.126. The first-order valence-corrected chi connectivity index (χ1v) is 7.90. The van der Waals surface area contributed by atoms with E-state index in [-0.39, 0.29) is 11.9 Å². The lowest BCUT2D eigenvalue weighted by Gasteiger charge is -2.25. The Kier molecular flexibility index (Phi) is 5.62. The van der Waals surface area contributed by atoms with Crippen molar-refractivity contribution in [3.63, 3.8) is 0 Å². The summed E-state index contributed by atoms with van der Waals surface area (Å²) in [5, 5.41) is 0. The number of halogens is 1. The van der Waals surface area contributed by atoms with Gasteiger partial charge in [0, 0.05) is 22.7 Å². The van der Waals surface area contributed by atoms with E-state index in [1.54, 1.807) is 19.3 Å². The molecule has 1 aromatic rings. The normalized spacial score (nSPS) is 18.8. The van der Waals surface area contributed by atoms with Crippen molar-refractivity contribution < 1.29 is 9.53 Å². The van der Waals surface area contributed by atoms with E-state index in [2.05, 4.69) is 15.9 Å². The SMILES string of the molecule is CC=C/C=C/C(=O)N1CCCC1c1cc(Br)ccc1OC. The smallest absolute Gasteiger partial charge is 0.247 e. The monoisotopic (exact) mass is 349 g/mol. The third-order valence-corrected chi connectivity index (χ3v) is 4.12. The minimum Gasteiger partial charge on any atom is -0.496 e.